The molecule has 32 heavy (non-hydrogen) atoms. The quantitative estimate of drug-likeness (QED) is 0.639. The highest BCUT2D eigenvalue weighted by Crippen LogP contribution is 2.29. The summed E-state index contributed by atoms with van der Waals surface area (Å²) in [6.07, 6.45) is 8.42. The van der Waals surface area contributed by atoms with Gasteiger partial charge in [-0.1, -0.05) is 12.1 Å². The highest BCUT2D eigenvalue weighted by molar-refractivity contribution is 5.90. The molecular formula is C25H36N6O. The molecule has 3 N–H and O–H groups in total. The van der Waals surface area contributed by atoms with Gasteiger partial charge in [-0.2, -0.15) is 4.98 Å². The van der Waals surface area contributed by atoms with Crippen molar-refractivity contribution in [3.8, 4) is 0 Å². The molecule has 2 aliphatic carbocycles. The molecule has 1 heterocycles. The first-order valence-electron chi connectivity index (χ1n) is 11.9. The number of benzene rings is 1. The standard InChI is InChI=1S/C25H36N6O/c1-16-9-10-17(2)22(15-16)29-25(32)27-19-13-11-18(12-14-19)26-24-28-21-8-6-5-7-20(21)23(30-24)31(3)4/h9-10,15,18-19H,5-8,11-14H2,1-4H3,(H,26,28,30)(H2,27,29,32)/t18-,19+. The minimum Gasteiger partial charge on any atom is -0.362 e. The number of aromatic nitrogens is 2. The summed E-state index contributed by atoms with van der Waals surface area (Å²) in [6.45, 7) is 4.04. The van der Waals surface area contributed by atoms with E-state index in [0.29, 0.717) is 6.04 Å². The van der Waals surface area contributed by atoms with E-state index in [1.807, 2.05) is 26.0 Å². The average Bonchev–Trinajstić information content (AvgIpc) is 2.77. The number of fused-ring (bicyclic) bond motifs is 1. The Bertz CT molecular complexity index is 965. The third kappa shape index (κ3) is 5.31. The number of hydrogen-bond donors (Lipinski definition) is 3. The SMILES string of the molecule is Cc1ccc(C)c(NC(=O)N[C@H]2CC[C@@H](Nc3nc4c(c(N(C)C)n3)CCCC4)CC2)c1. The maximum atomic E-state index is 12.5. The smallest absolute Gasteiger partial charge is 0.319 e. The van der Waals surface area contributed by atoms with Crippen molar-refractivity contribution in [2.45, 2.75) is 77.3 Å². The minimum atomic E-state index is -0.122. The lowest BCUT2D eigenvalue weighted by Crippen LogP contribution is -2.42. The Hall–Kier alpha value is -2.83. The lowest BCUT2D eigenvalue weighted by Gasteiger charge is -2.30. The summed E-state index contributed by atoms with van der Waals surface area (Å²) in [6, 6.07) is 6.51. The van der Waals surface area contributed by atoms with Gasteiger partial charge in [0.15, 0.2) is 0 Å². The second-order valence-corrected chi connectivity index (χ2v) is 9.51. The number of aryl methyl sites for hydroxylation is 3. The molecule has 2 amide bonds. The van der Waals surface area contributed by atoms with Gasteiger partial charge in [0.05, 0.1) is 5.69 Å². The molecule has 1 fully saturated rings. The van der Waals surface area contributed by atoms with E-state index in [0.717, 1.165) is 67.1 Å². The first kappa shape index (κ1) is 22.4. The third-order valence-corrected chi connectivity index (χ3v) is 6.62. The Balaban J connectivity index is 1.31. The highest BCUT2D eigenvalue weighted by atomic mass is 16.2. The summed E-state index contributed by atoms with van der Waals surface area (Å²) in [5.41, 5.74) is 5.60. The first-order chi connectivity index (χ1) is 15.4. The van der Waals surface area contributed by atoms with E-state index < -0.39 is 0 Å². The summed E-state index contributed by atoms with van der Waals surface area (Å²) in [5.74, 6) is 1.80. The molecule has 0 radical (unpaired) electrons. The van der Waals surface area contributed by atoms with Gasteiger partial charge >= 0.3 is 6.03 Å². The molecule has 2 aliphatic rings. The largest absolute Gasteiger partial charge is 0.362 e. The zero-order valence-electron chi connectivity index (χ0n) is 19.8. The molecule has 0 spiro atoms. The van der Waals surface area contributed by atoms with E-state index >= 15 is 0 Å². The van der Waals surface area contributed by atoms with Gasteiger partial charge in [-0.25, -0.2) is 9.78 Å². The molecule has 172 valence electrons. The van der Waals surface area contributed by atoms with E-state index in [4.69, 9.17) is 9.97 Å². The normalized spacial score (nSPS) is 20.2. The van der Waals surface area contributed by atoms with Crippen molar-refractivity contribution in [2.75, 3.05) is 29.6 Å². The van der Waals surface area contributed by atoms with E-state index in [-0.39, 0.29) is 12.1 Å². The maximum absolute atomic E-state index is 12.5. The number of anilines is 3. The molecular weight excluding hydrogens is 400 g/mol. The first-order valence-corrected chi connectivity index (χ1v) is 11.9. The van der Waals surface area contributed by atoms with Gasteiger partial charge in [0.2, 0.25) is 5.95 Å². The number of nitrogens with one attached hydrogen (secondary N) is 3. The van der Waals surface area contributed by atoms with Gasteiger partial charge in [0, 0.05) is 37.4 Å². The van der Waals surface area contributed by atoms with Crippen molar-refractivity contribution in [1.82, 2.24) is 15.3 Å². The van der Waals surface area contributed by atoms with Crippen LogP contribution in [0.5, 0.6) is 0 Å². The summed E-state index contributed by atoms with van der Waals surface area (Å²) in [5, 5.41) is 9.73. The molecule has 0 unspecified atom stereocenters. The lowest BCUT2D eigenvalue weighted by molar-refractivity contribution is 0.243. The number of hydrogen-bond acceptors (Lipinski definition) is 5. The Morgan fingerprint density at radius 2 is 1.72 bits per heavy atom. The zero-order chi connectivity index (χ0) is 22.7. The highest BCUT2D eigenvalue weighted by Gasteiger charge is 2.25. The van der Waals surface area contributed by atoms with Crippen molar-refractivity contribution in [3.63, 3.8) is 0 Å². The van der Waals surface area contributed by atoms with Crippen LogP contribution in [0.1, 0.15) is 60.9 Å². The van der Waals surface area contributed by atoms with Crippen LogP contribution in [0, 0.1) is 13.8 Å². The average molecular weight is 437 g/mol. The molecule has 7 heteroatoms. The van der Waals surface area contributed by atoms with Crippen molar-refractivity contribution < 1.29 is 4.79 Å². The van der Waals surface area contributed by atoms with Gasteiger partial charge in [0.25, 0.3) is 0 Å². The van der Waals surface area contributed by atoms with E-state index in [2.05, 4.69) is 41.0 Å². The number of rotatable bonds is 5. The second kappa shape index (κ2) is 9.76. The Morgan fingerprint density at radius 1 is 1.00 bits per heavy atom. The molecule has 0 bridgehead atoms. The van der Waals surface area contributed by atoms with Gasteiger partial charge in [0.1, 0.15) is 5.82 Å². The van der Waals surface area contributed by atoms with E-state index in [9.17, 15) is 4.79 Å². The molecule has 0 saturated heterocycles. The summed E-state index contributed by atoms with van der Waals surface area (Å²) >= 11 is 0. The molecule has 0 aliphatic heterocycles. The number of amides is 2. The molecule has 4 rings (SSSR count). The number of carbonyl (C=O) groups is 1. The van der Waals surface area contributed by atoms with Crippen molar-refractivity contribution in [2.24, 2.45) is 0 Å². The Morgan fingerprint density at radius 3 is 2.47 bits per heavy atom. The van der Waals surface area contributed by atoms with Crippen LogP contribution in [-0.2, 0) is 12.8 Å². The van der Waals surface area contributed by atoms with Crippen LogP contribution in [0.4, 0.5) is 22.2 Å². The van der Waals surface area contributed by atoms with Crippen LogP contribution in [0.2, 0.25) is 0 Å². The fourth-order valence-electron chi connectivity index (χ4n) is 4.79. The van der Waals surface area contributed by atoms with Gasteiger partial charge in [-0.15, -0.1) is 0 Å². The van der Waals surface area contributed by atoms with Crippen LogP contribution in [0.3, 0.4) is 0 Å². The zero-order valence-corrected chi connectivity index (χ0v) is 19.8. The third-order valence-electron chi connectivity index (χ3n) is 6.62. The van der Waals surface area contributed by atoms with Gasteiger partial charge < -0.3 is 20.9 Å². The molecule has 0 atom stereocenters. The number of urea groups is 1. The van der Waals surface area contributed by atoms with E-state index in [1.165, 1.54) is 24.1 Å². The maximum Gasteiger partial charge on any atom is 0.319 e. The number of carbonyl (C=O) groups excluding carboxylic acids is 1. The minimum absolute atomic E-state index is 0.122. The van der Waals surface area contributed by atoms with Crippen molar-refractivity contribution in [3.05, 3.63) is 40.6 Å². The predicted molar refractivity (Wildman–Crippen MR) is 131 cm³/mol. The lowest BCUT2D eigenvalue weighted by atomic mass is 9.91. The fraction of sp³-hybridized carbons (Fsp3) is 0.560. The monoisotopic (exact) mass is 436 g/mol. The molecule has 7 nitrogen and oxygen atoms in total. The topological polar surface area (TPSA) is 82.2 Å². The van der Waals surface area contributed by atoms with Crippen LogP contribution >= 0.6 is 0 Å². The predicted octanol–water partition coefficient (Wildman–Crippen LogP) is 4.58. The van der Waals surface area contributed by atoms with Gasteiger partial charge in [-0.05, 0) is 82.4 Å². The Labute approximate surface area is 191 Å². The molecule has 1 aromatic heterocycles. The van der Waals surface area contributed by atoms with Gasteiger partial charge in [-0.3, -0.25) is 0 Å². The van der Waals surface area contributed by atoms with Crippen molar-refractivity contribution >= 4 is 23.5 Å². The molecule has 1 saturated carbocycles. The molecule has 2 aromatic rings. The fourth-order valence-corrected chi connectivity index (χ4v) is 4.79. The van der Waals surface area contributed by atoms with Crippen LogP contribution in [-0.4, -0.2) is 42.2 Å². The Kier molecular flexibility index (Phi) is 6.82. The molecule has 1 aromatic carbocycles. The van der Waals surface area contributed by atoms with Crippen LogP contribution in [0.15, 0.2) is 18.2 Å². The summed E-state index contributed by atoms with van der Waals surface area (Å²) in [4.78, 5) is 24.3. The van der Waals surface area contributed by atoms with Crippen molar-refractivity contribution in [1.29, 1.82) is 0 Å². The summed E-state index contributed by atoms with van der Waals surface area (Å²) in [7, 11) is 4.11. The van der Waals surface area contributed by atoms with E-state index in [1.54, 1.807) is 0 Å². The van der Waals surface area contributed by atoms with Crippen LogP contribution in [0.25, 0.3) is 0 Å². The number of nitrogens with zero attached hydrogens (tertiary/aromatic N) is 3. The second-order valence-electron chi connectivity index (χ2n) is 9.51. The summed E-state index contributed by atoms with van der Waals surface area (Å²) < 4.78 is 0. The van der Waals surface area contributed by atoms with Crippen LogP contribution < -0.4 is 20.9 Å².